The van der Waals surface area contributed by atoms with Gasteiger partial charge in [0.2, 0.25) is 0 Å². The first-order valence-corrected chi connectivity index (χ1v) is 7.47. The maximum Gasteiger partial charge on any atom is 0.111 e. The van der Waals surface area contributed by atoms with Crippen molar-refractivity contribution in [3.05, 3.63) is 29.0 Å². The van der Waals surface area contributed by atoms with E-state index in [0.29, 0.717) is 11.8 Å². The molecule has 5 heteroatoms. The summed E-state index contributed by atoms with van der Waals surface area (Å²) in [7, 11) is 0. The highest BCUT2D eigenvalue weighted by molar-refractivity contribution is 6.31. The van der Waals surface area contributed by atoms with Gasteiger partial charge in [0.15, 0.2) is 0 Å². The van der Waals surface area contributed by atoms with E-state index in [1.807, 2.05) is 18.2 Å². The zero-order valence-electron chi connectivity index (χ0n) is 10.6. The van der Waals surface area contributed by atoms with Crippen LogP contribution in [0.15, 0.2) is 18.2 Å². The first-order chi connectivity index (χ1) is 9.28. The fourth-order valence-corrected chi connectivity index (χ4v) is 2.95. The standard InChI is InChI=1S/C14H16Cl2N2O/c15-5-3-14-17-12-2-1-11(16)7-13(12)18(14)8-10-4-6-19-9-10/h1-2,7,10H,3-6,8-9H2. The van der Waals surface area contributed by atoms with Gasteiger partial charge in [-0.1, -0.05) is 11.6 Å². The third-order valence-electron chi connectivity index (χ3n) is 3.57. The molecular formula is C14H16Cl2N2O. The Bertz CT molecular complexity index is 576. The van der Waals surface area contributed by atoms with Crippen molar-refractivity contribution in [1.29, 1.82) is 0 Å². The van der Waals surface area contributed by atoms with Crippen molar-refractivity contribution in [3.63, 3.8) is 0 Å². The van der Waals surface area contributed by atoms with Crippen LogP contribution < -0.4 is 0 Å². The maximum atomic E-state index is 6.10. The van der Waals surface area contributed by atoms with Gasteiger partial charge in [0.1, 0.15) is 5.82 Å². The topological polar surface area (TPSA) is 27.1 Å². The van der Waals surface area contributed by atoms with E-state index >= 15 is 0 Å². The Balaban J connectivity index is 2.01. The number of halogens is 2. The number of aryl methyl sites for hydroxylation is 1. The van der Waals surface area contributed by atoms with Crippen LogP contribution >= 0.6 is 23.2 Å². The van der Waals surface area contributed by atoms with Crippen LogP contribution in [0.1, 0.15) is 12.2 Å². The van der Waals surface area contributed by atoms with Crippen LogP contribution in [0.3, 0.4) is 0 Å². The number of benzene rings is 1. The minimum Gasteiger partial charge on any atom is -0.381 e. The zero-order valence-corrected chi connectivity index (χ0v) is 12.1. The molecule has 1 fully saturated rings. The van der Waals surface area contributed by atoms with Gasteiger partial charge in [-0.3, -0.25) is 0 Å². The molecule has 0 bridgehead atoms. The van der Waals surface area contributed by atoms with Crippen molar-refractivity contribution in [3.8, 4) is 0 Å². The SMILES string of the molecule is ClCCc1nc2ccc(Cl)cc2n1CC1CCOC1. The van der Waals surface area contributed by atoms with Crippen LogP contribution in [0.2, 0.25) is 5.02 Å². The fourth-order valence-electron chi connectivity index (χ4n) is 2.61. The first kappa shape index (κ1) is 13.2. The molecule has 1 aliphatic rings. The van der Waals surface area contributed by atoms with E-state index in [4.69, 9.17) is 27.9 Å². The first-order valence-electron chi connectivity index (χ1n) is 6.56. The highest BCUT2D eigenvalue weighted by Crippen LogP contribution is 2.24. The number of hydrogen-bond donors (Lipinski definition) is 0. The average molecular weight is 299 g/mol. The molecule has 3 nitrogen and oxygen atoms in total. The van der Waals surface area contributed by atoms with E-state index in [1.54, 1.807) is 0 Å². The Morgan fingerprint density at radius 2 is 2.32 bits per heavy atom. The second kappa shape index (κ2) is 5.70. The Morgan fingerprint density at radius 1 is 1.42 bits per heavy atom. The summed E-state index contributed by atoms with van der Waals surface area (Å²) in [6, 6.07) is 5.83. The Morgan fingerprint density at radius 3 is 3.05 bits per heavy atom. The smallest absolute Gasteiger partial charge is 0.111 e. The van der Waals surface area contributed by atoms with Crippen molar-refractivity contribution in [2.45, 2.75) is 19.4 Å². The van der Waals surface area contributed by atoms with Gasteiger partial charge in [0.25, 0.3) is 0 Å². The second-order valence-corrected chi connectivity index (χ2v) is 5.75. The molecule has 1 atom stereocenters. The van der Waals surface area contributed by atoms with E-state index in [-0.39, 0.29) is 0 Å². The summed E-state index contributed by atoms with van der Waals surface area (Å²) in [5.74, 6) is 2.18. The summed E-state index contributed by atoms with van der Waals surface area (Å²) >= 11 is 12.0. The number of aromatic nitrogens is 2. The quantitative estimate of drug-likeness (QED) is 0.808. The van der Waals surface area contributed by atoms with E-state index < -0.39 is 0 Å². The minimum atomic E-state index is 0.561. The number of rotatable bonds is 4. The second-order valence-electron chi connectivity index (χ2n) is 4.94. The predicted molar refractivity (Wildman–Crippen MR) is 78.1 cm³/mol. The van der Waals surface area contributed by atoms with Gasteiger partial charge in [-0.15, -0.1) is 11.6 Å². The molecule has 19 heavy (non-hydrogen) atoms. The van der Waals surface area contributed by atoms with Crippen molar-refractivity contribution in [2.75, 3.05) is 19.1 Å². The van der Waals surface area contributed by atoms with Crippen LogP contribution in [0.4, 0.5) is 0 Å². The van der Waals surface area contributed by atoms with Gasteiger partial charge in [0, 0.05) is 36.4 Å². The zero-order chi connectivity index (χ0) is 13.2. The molecule has 0 amide bonds. The molecule has 0 aliphatic carbocycles. The molecule has 0 N–H and O–H groups in total. The Labute approximate surface area is 122 Å². The van der Waals surface area contributed by atoms with Crippen LogP contribution in [0.25, 0.3) is 11.0 Å². The van der Waals surface area contributed by atoms with Crippen molar-refractivity contribution in [2.24, 2.45) is 5.92 Å². The lowest BCUT2D eigenvalue weighted by Gasteiger charge is -2.12. The monoisotopic (exact) mass is 298 g/mol. The molecule has 1 saturated heterocycles. The summed E-state index contributed by atoms with van der Waals surface area (Å²) in [5.41, 5.74) is 2.09. The summed E-state index contributed by atoms with van der Waals surface area (Å²) in [6.45, 7) is 2.63. The fraction of sp³-hybridized carbons (Fsp3) is 0.500. The van der Waals surface area contributed by atoms with Crippen LogP contribution in [-0.4, -0.2) is 28.6 Å². The number of imidazole rings is 1. The molecule has 0 radical (unpaired) electrons. The molecule has 3 rings (SSSR count). The number of alkyl halides is 1. The van der Waals surface area contributed by atoms with Crippen molar-refractivity contribution in [1.82, 2.24) is 9.55 Å². The van der Waals surface area contributed by atoms with Crippen LogP contribution in [0, 0.1) is 5.92 Å². The largest absolute Gasteiger partial charge is 0.381 e. The predicted octanol–water partition coefficient (Wildman–Crippen LogP) is 3.51. The van der Waals surface area contributed by atoms with Crippen molar-refractivity contribution < 1.29 is 4.74 Å². The van der Waals surface area contributed by atoms with Crippen LogP contribution in [-0.2, 0) is 17.7 Å². The maximum absolute atomic E-state index is 6.10. The molecular weight excluding hydrogens is 283 g/mol. The molecule has 1 aromatic heterocycles. The van der Waals surface area contributed by atoms with E-state index in [2.05, 4.69) is 9.55 Å². The molecule has 0 spiro atoms. The van der Waals surface area contributed by atoms with E-state index in [9.17, 15) is 0 Å². The average Bonchev–Trinajstić information content (AvgIpc) is 3.00. The molecule has 0 saturated carbocycles. The van der Waals surface area contributed by atoms with E-state index in [0.717, 1.165) is 54.5 Å². The number of hydrogen-bond acceptors (Lipinski definition) is 2. The highest BCUT2D eigenvalue weighted by atomic mass is 35.5. The Hall–Kier alpha value is -0.770. The molecule has 1 unspecified atom stereocenters. The minimum absolute atomic E-state index is 0.561. The number of fused-ring (bicyclic) bond motifs is 1. The summed E-state index contributed by atoms with van der Waals surface area (Å²) in [4.78, 5) is 4.66. The summed E-state index contributed by atoms with van der Waals surface area (Å²) in [6.07, 6.45) is 1.89. The summed E-state index contributed by atoms with van der Waals surface area (Å²) in [5, 5.41) is 0.744. The molecule has 2 heterocycles. The Kier molecular flexibility index (Phi) is 3.96. The lowest BCUT2D eigenvalue weighted by Crippen LogP contribution is -2.13. The lowest BCUT2D eigenvalue weighted by atomic mass is 10.1. The van der Waals surface area contributed by atoms with Gasteiger partial charge in [-0.05, 0) is 24.6 Å². The number of ether oxygens (including phenoxy) is 1. The van der Waals surface area contributed by atoms with Gasteiger partial charge < -0.3 is 9.30 Å². The van der Waals surface area contributed by atoms with Gasteiger partial charge in [0.05, 0.1) is 17.6 Å². The molecule has 2 aromatic rings. The molecule has 1 aliphatic heterocycles. The molecule has 102 valence electrons. The third kappa shape index (κ3) is 2.73. The van der Waals surface area contributed by atoms with Crippen LogP contribution in [0.5, 0.6) is 0 Å². The normalized spacial score (nSPS) is 19.4. The van der Waals surface area contributed by atoms with Gasteiger partial charge in [-0.2, -0.15) is 0 Å². The number of nitrogens with zero attached hydrogens (tertiary/aromatic N) is 2. The van der Waals surface area contributed by atoms with Crippen molar-refractivity contribution >= 4 is 34.2 Å². The van der Waals surface area contributed by atoms with Gasteiger partial charge in [-0.25, -0.2) is 4.98 Å². The lowest BCUT2D eigenvalue weighted by molar-refractivity contribution is 0.182. The highest BCUT2D eigenvalue weighted by Gasteiger charge is 2.19. The third-order valence-corrected chi connectivity index (χ3v) is 4.00. The summed E-state index contributed by atoms with van der Waals surface area (Å²) < 4.78 is 7.71. The van der Waals surface area contributed by atoms with E-state index in [1.165, 1.54) is 0 Å². The van der Waals surface area contributed by atoms with Gasteiger partial charge >= 0.3 is 0 Å². The molecule has 1 aromatic carbocycles.